The molecule has 0 radical (unpaired) electrons. The molecule has 2 fully saturated rings. The number of carbonyl (C=O) groups excluding carboxylic acids is 1. The molecule has 4 aromatic rings. The van der Waals surface area contributed by atoms with Crippen LogP contribution in [-0.2, 0) is 24.4 Å². The molecule has 0 saturated carbocycles. The van der Waals surface area contributed by atoms with Crippen molar-refractivity contribution in [1.29, 1.82) is 0 Å². The normalized spacial score (nSPS) is 17.5. The maximum absolute atomic E-state index is 12.8. The first-order valence-electron chi connectivity index (χ1n) is 16.1. The molecule has 9 heteroatoms. The Bertz CT molecular complexity index is 1600. The monoisotopic (exact) mass is 646 g/mol. The van der Waals surface area contributed by atoms with Crippen LogP contribution in [0.1, 0.15) is 36.0 Å². The molecule has 7 nitrogen and oxygen atoms in total. The van der Waals surface area contributed by atoms with E-state index < -0.39 is 5.54 Å². The van der Waals surface area contributed by atoms with Crippen molar-refractivity contribution in [2.24, 2.45) is 5.73 Å². The first-order valence-corrected chi connectivity index (χ1v) is 16.9. The lowest BCUT2D eigenvalue weighted by Gasteiger charge is -2.35. The number of piperazine rings is 1. The van der Waals surface area contributed by atoms with Crippen LogP contribution < -0.4 is 16.4 Å². The molecular weight excluding hydrogens is 603 g/mol. The molecule has 0 spiro atoms. The van der Waals surface area contributed by atoms with Crippen LogP contribution in [0, 0.1) is 6.92 Å². The molecule has 0 aliphatic carbocycles. The molecule has 6 rings (SSSR count). The smallest absolute Gasteiger partial charge is 0.240 e. The van der Waals surface area contributed by atoms with Crippen LogP contribution in [0.15, 0.2) is 66.9 Å². The van der Waals surface area contributed by atoms with Gasteiger partial charge in [-0.3, -0.25) is 14.6 Å². The number of nitrogens with two attached hydrogens (primary N) is 1. The number of carbonyl (C=O) groups is 1. The number of amides is 1. The Morgan fingerprint density at radius 3 is 2.29 bits per heavy atom. The average molecular weight is 648 g/mol. The van der Waals surface area contributed by atoms with Gasteiger partial charge in [0, 0.05) is 90.6 Å². The number of halogens is 2. The quantitative estimate of drug-likeness (QED) is 0.189. The van der Waals surface area contributed by atoms with Crippen molar-refractivity contribution < 1.29 is 4.79 Å². The summed E-state index contributed by atoms with van der Waals surface area (Å²) in [5, 5.41) is 9.13. The van der Waals surface area contributed by atoms with Crippen LogP contribution in [0.5, 0.6) is 0 Å². The Morgan fingerprint density at radius 2 is 1.60 bits per heavy atom. The third kappa shape index (κ3) is 7.57. The Kier molecular flexibility index (Phi) is 10.1. The lowest BCUT2D eigenvalue weighted by Crippen LogP contribution is -2.59. The Morgan fingerprint density at radius 1 is 0.933 bits per heavy atom. The number of aromatic nitrogens is 1. The molecule has 238 valence electrons. The minimum Gasteiger partial charge on any atom is -0.354 e. The number of aryl methyl sites for hydroxylation is 2. The topological polar surface area (TPSA) is 78.6 Å². The van der Waals surface area contributed by atoms with Gasteiger partial charge in [0.2, 0.25) is 5.91 Å². The van der Waals surface area contributed by atoms with E-state index in [0.717, 1.165) is 80.9 Å². The van der Waals surface area contributed by atoms with Gasteiger partial charge in [0.25, 0.3) is 0 Å². The maximum Gasteiger partial charge on any atom is 0.240 e. The molecule has 1 aromatic heterocycles. The minimum absolute atomic E-state index is 0.0279. The van der Waals surface area contributed by atoms with E-state index in [0.29, 0.717) is 19.4 Å². The second kappa shape index (κ2) is 14.2. The van der Waals surface area contributed by atoms with Crippen LogP contribution in [0.4, 0.5) is 0 Å². The second-order valence-corrected chi connectivity index (χ2v) is 13.5. The Hall–Kier alpha value is -2.91. The van der Waals surface area contributed by atoms with E-state index in [-0.39, 0.29) is 5.91 Å². The third-order valence-electron chi connectivity index (χ3n) is 9.43. The van der Waals surface area contributed by atoms with E-state index in [1.807, 2.05) is 18.2 Å². The van der Waals surface area contributed by atoms with E-state index in [2.05, 4.69) is 80.6 Å². The van der Waals surface area contributed by atoms with Crippen molar-refractivity contribution in [2.45, 2.75) is 51.4 Å². The van der Waals surface area contributed by atoms with Crippen LogP contribution >= 0.6 is 23.2 Å². The van der Waals surface area contributed by atoms with Gasteiger partial charge in [-0.2, -0.15) is 0 Å². The molecule has 1 amide bonds. The summed E-state index contributed by atoms with van der Waals surface area (Å²) in [6, 6.07) is 21.4. The molecule has 0 bridgehead atoms. The van der Waals surface area contributed by atoms with Gasteiger partial charge in [0.05, 0.1) is 5.54 Å². The van der Waals surface area contributed by atoms with Crippen molar-refractivity contribution in [1.82, 2.24) is 25.0 Å². The zero-order valence-corrected chi connectivity index (χ0v) is 27.6. The third-order valence-corrected chi connectivity index (χ3v) is 10.1. The van der Waals surface area contributed by atoms with Gasteiger partial charge in [0.15, 0.2) is 0 Å². The number of rotatable bonds is 10. The number of piperidine rings is 1. The average Bonchev–Trinajstić information content (AvgIpc) is 3.40. The standard InChI is InChI=1S/C36H44Cl2N6O/c1-26-6-9-28(10-7-26)30-25-44(17-3-14-41-35(45)36(39)12-15-40-16-13-36)34-11-8-27(22-29(30)34)23-42-18-20-43(21-19-42)24-31-32(37)4-2-5-33(31)38/h2,4-11,22,25,40H,3,12-21,23-24,39H2,1H3,(H,41,45). The molecular formula is C36H44Cl2N6O. The largest absolute Gasteiger partial charge is 0.354 e. The fourth-order valence-corrected chi connectivity index (χ4v) is 7.11. The minimum atomic E-state index is -0.754. The van der Waals surface area contributed by atoms with Crippen LogP contribution in [0.2, 0.25) is 10.0 Å². The summed E-state index contributed by atoms with van der Waals surface area (Å²) in [6.45, 7) is 10.8. The molecule has 2 aliphatic rings. The fourth-order valence-electron chi connectivity index (χ4n) is 6.59. The predicted octanol–water partition coefficient (Wildman–Crippen LogP) is 5.83. The highest BCUT2D eigenvalue weighted by molar-refractivity contribution is 6.36. The Balaban J connectivity index is 1.12. The van der Waals surface area contributed by atoms with E-state index in [1.165, 1.54) is 33.2 Å². The van der Waals surface area contributed by atoms with Crippen molar-refractivity contribution in [3.8, 4) is 11.1 Å². The summed E-state index contributed by atoms with van der Waals surface area (Å²) in [5.74, 6) is -0.0279. The SMILES string of the molecule is Cc1ccc(-c2cn(CCCNC(=O)C3(N)CCNCC3)c3ccc(CN4CCN(Cc5c(Cl)cccc5Cl)CC4)cc23)cc1. The van der Waals surface area contributed by atoms with Crippen LogP contribution in [0.3, 0.4) is 0 Å². The fraction of sp³-hybridized carbons (Fsp3) is 0.417. The summed E-state index contributed by atoms with van der Waals surface area (Å²) >= 11 is 12.9. The zero-order chi connectivity index (χ0) is 31.4. The van der Waals surface area contributed by atoms with Gasteiger partial charge in [-0.1, -0.05) is 65.2 Å². The van der Waals surface area contributed by atoms with Crippen molar-refractivity contribution in [3.63, 3.8) is 0 Å². The Labute approximate surface area is 276 Å². The summed E-state index contributed by atoms with van der Waals surface area (Å²) in [4.78, 5) is 17.8. The van der Waals surface area contributed by atoms with Gasteiger partial charge in [0.1, 0.15) is 0 Å². The molecule has 3 aromatic carbocycles. The molecule has 3 heterocycles. The highest BCUT2D eigenvalue weighted by Crippen LogP contribution is 2.33. The number of nitrogens with zero attached hydrogens (tertiary/aromatic N) is 3. The predicted molar refractivity (Wildman–Crippen MR) is 186 cm³/mol. The van der Waals surface area contributed by atoms with Crippen molar-refractivity contribution >= 4 is 40.0 Å². The number of nitrogens with one attached hydrogen (secondary N) is 2. The molecule has 45 heavy (non-hydrogen) atoms. The zero-order valence-electron chi connectivity index (χ0n) is 26.1. The van der Waals surface area contributed by atoms with E-state index in [9.17, 15) is 4.79 Å². The van der Waals surface area contributed by atoms with Gasteiger partial charge in [-0.25, -0.2) is 0 Å². The number of benzene rings is 3. The second-order valence-electron chi connectivity index (χ2n) is 12.7. The number of hydrogen-bond acceptors (Lipinski definition) is 5. The molecule has 0 unspecified atom stereocenters. The van der Waals surface area contributed by atoms with Crippen molar-refractivity contribution in [3.05, 3.63) is 93.6 Å². The highest BCUT2D eigenvalue weighted by Gasteiger charge is 2.34. The van der Waals surface area contributed by atoms with E-state index >= 15 is 0 Å². The first-order chi connectivity index (χ1) is 21.8. The summed E-state index contributed by atoms with van der Waals surface area (Å²) in [6.07, 6.45) is 4.46. The lowest BCUT2D eigenvalue weighted by molar-refractivity contribution is -0.127. The molecule has 0 atom stereocenters. The lowest BCUT2D eigenvalue weighted by atomic mass is 9.88. The molecule has 2 saturated heterocycles. The van der Waals surface area contributed by atoms with Crippen LogP contribution in [-0.4, -0.2) is 71.6 Å². The summed E-state index contributed by atoms with van der Waals surface area (Å²) < 4.78 is 2.34. The highest BCUT2D eigenvalue weighted by atomic mass is 35.5. The van der Waals surface area contributed by atoms with Gasteiger partial charge in [-0.15, -0.1) is 0 Å². The number of fused-ring (bicyclic) bond motifs is 1. The van der Waals surface area contributed by atoms with Gasteiger partial charge < -0.3 is 20.9 Å². The molecule has 2 aliphatic heterocycles. The first kappa shape index (κ1) is 32.0. The maximum atomic E-state index is 12.8. The summed E-state index contributed by atoms with van der Waals surface area (Å²) in [5.41, 5.74) is 12.9. The van der Waals surface area contributed by atoms with Crippen LogP contribution in [0.25, 0.3) is 22.0 Å². The van der Waals surface area contributed by atoms with Gasteiger partial charge in [-0.05, 0) is 74.7 Å². The number of hydrogen-bond donors (Lipinski definition) is 3. The van der Waals surface area contributed by atoms with Crippen molar-refractivity contribution in [2.75, 3.05) is 45.8 Å². The molecule has 4 N–H and O–H groups in total. The van der Waals surface area contributed by atoms with E-state index in [4.69, 9.17) is 28.9 Å². The summed E-state index contributed by atoms with van der Waals surface area (Å²) in [7, 11) is 0. The van der Waals surface area contributed by atoms with Gasteiger partial charge >= 0.3 is 0 Å². The van der Waals surface area contributed by atoms with E-state index in [1.54, 1.807) is 0 Å².